The third-order valence-electron chi connectivity index (χ3n) is 5.71. The van der Waals surface area contributed by atoms with Crippen LogP contribution in [-0.2, 0) is 11.4 Å². The van der Waals surface area contributed by atoms with Crippen molar-refractivity contribution < 1.29 is 14.8 Å². The lowest BCUT2D eigenvalue weighted by atomic mass is 9.97. The monoisotopic (exact) mass is 427 g/mol. The van der Waals surface area contributed by atoms with E-state index in [-0.39, 0.29) is 11.7 Å². The van der Waals surface area contributed by atoms with E-state index >= 15 is 0 Å². The van der Waals surface area contributed by atoms with Crippen molar-refractivity contribution in [3.05, 3.63) is 82.9 Å². The third kappa shape index (κ3) is 3.75. The smallest absolute Gasteiger partial charge is 0.257 e. The summed E-state index contributed by atoms with van der Waals surface area (Å²) in [6.45, 7) is 8.22. The summed E-state index contributed by atoms with van der Waals surface area (Å²) in [6.07, 6.45) is 0. The number of rotatable bonds is 5. The van der Waals surface area contributed by atoms with Crippen molar-refractivity contribution in [2.75, 3.05) is 0 Å². The van der Waals surface area contributed by atoms with Crippen LogP contribution in [0, 0.1) is 6.92 Å². The van der Waals surface area contributed by atoms with E-state index in [1.54, 1.807) is 0 Å². The van der Waals surface area contributed by atoms with Gasteiger partial charge < -0.3 is 14.6 Å². The zero-order valence-electron chi connectivity index (χ0n) is 18.6. The summed E-state index contributed by atoms with van der Waals surface area (Å²) < 4.78 is 2.24. The first-order chi connectivity index (χ1) is 15.4. The molecule has 0 bridgehead atoms. The minimum atomic E-state index is 0.0171. The fraction of sp³-hybridized carbons (Fsp3) is 0.192. The summed E-state index contributed by atoms with van der Waals surface area (Å²) in [5, 5.41) is 17.8. The van der Waals surface area contributed by atoms with Crippen LogP contribution in [0.5, 0.6) is 0 Å². The van der Waals surface area contributed by atoms with Crippen LogP contribution in [0.3, 0.4) is 0 Å². The number of ketones is 1. The molecular formula is C26H25N3O3. The first-order valence-corrected chi connectivity index (χ1v) is 10.5. The summed E-state index contributed by atoms with van der Waals surface area (Å²) in [5.41, 5.74) is 6.05. The minimum absolute atomic E-state index is 0.0171. The SMILES string of the molecule is CCn1c2ccc(C(=O)c3ccccc3C)cc2c2cc(C(C)=NOC(C)=NO)ccc21. The Hall–Kier alpha value is -3.93. The molecule has 0 spiro atoms. The van der Waals surface area contributed by atoms with Gasteiger partial charge in [0.15, 0.2) is 5.78 Å². The van der Waals surface area contributed by atoms with Crippen LogP contribution in [0.2, 0.25) is 0 Å². The molecule has 6 nitrogen and oxygen atoms in total. The van der Waals surface area contributed by atoms with Crippen molar-refractivity contribution >= 4 is 39.2 Å². The van der Waals surface area contributed by atoms with Crippen LogP contribution in [0.4, 0.5) is 0 Å². The topological polar surface area (TPSA) is 76.2 Å². The van der Waals surface area contributed by atoms with Gasteiger partial charge in [0.1, 0.15) is 0 Å². The largest absolute Gasteiger partial charge is 0.408 e. The summed E-state index contributed by atoms with van der Waals surface area (Å²) in [6, 6.07) is 19.7. The van der Waals surface area contributed by atoms with E-state index in [2.05, 4.69) is 33.9 Å². The van der Waals surface area contributed by atoms with Gasteiger partial charge >= 0.3 is 0 Å². The highest BCUT2D eigenvalue weighted by Gasteiger charge is 2.16. The van der Waals surface area contributed by atoms with E-state index < -0.39 is 0 Å². The van der Waals surface area contributed by atoms with Gasteiger partial charge in [0.25, 0.3) is 5.90 Å². The number of aromatic nitrogens is 1. The van der Waals surface area contributed by atoms with Crippen LogP contribution in [0.25, 0.3) is 21.8 Å². The van der Waals surface area contributed by atoms with Gasteiger partial charge in [-0.25, -0.2) is 0 Å². The van der Waals surface area contributed by atoms with Crippen LogP contribution < -0.4 is 0 Å². The molecule has 0 saturated carbocycles. The van der Waals surface area contributed by atoms with Crippen molar-refractivity contribution in [2.24, 2.45) is 10.3 Å². The second-order valence-corrected chi connectivity index (χ2v) is 7.74. The van der Waals surface area contributed by atoms with Crippen LogP contribution in [0.15, 0.2) is 71.0 Å². The molecule has 1 N–H and O–H groups in total. The van der Waals surface area contributed by atoms with Crippen LogP contribution >= 0.6 is 0 Å². The Bertz CT molecular complexity index is 1400. The lowest BCUT2D eigenvalue weighted by molar-refractivity contribution is 0.103. The van der Waals surface area contributed by atoms with Gasteiger partial charge in [-0.15, -0.1) is 0 Å². The number of hydrogen-bond donors (Lipinski definition) is 1. The molecule has 0 aliphatic rings. The number of hydrogen-bond acceptors (Lipinski definition) is 5. The highest BCUT2D eigenvalue weighted by atomic mass is 16.6. The summed E-state index contributed by atoms with van der Waals surface area (Å²) in [4.78, 5) is 18.3. The molecule has 4 aromatic rings. The molecule has 0 atom stereocenters. The first kappa shape index (κ1) is 21.3. The predicted molar refractivity (Wildman–Crippen MR) is 128 cm³/mol. The van der Waals surface area contributed by atoms with Gasteiger partial charge in [-0.2, -0.15) is 0 Å². The maximum absolute atomic E-state index is 13.2. The number of carbonyl (C=O) groups is 1. The molecule has 0 amide bonds. The van der Waals surface area contributed by atoms with E-state index in [9.17, 15) is 4.79 Å². The Morgan fingerprint density at radius 3 is 2.22 bits per heavy atom. The van der Waals surface area contributed by atoms with Gasteiger partial charge in [-0.1, -0.05) is 40.6 Å². The molecule has 1 heterocycles. The van der Waals surface area contributed by atoms with Gasteiger partial charge in [-0.05, 0) is 62.2 Å². The van der Waals surface area contributed by atoms with E-state index in [4.69, 9.17) is 10.0 Å². The van der Waals surface area contributed by atoms with Crippen LogP contribution in [0.1, 0.15) is 47.8 Å². The van der Waals surface area contributed by atoms with Crippen molar-refractivity contribution in [3.8, 4) is 0 Å². The fourth-order valence-corrected chi connectivity index (χ4v) is 4.00. The van der Waals surface area contributed by atoms with Crippen molar-refractivity contribution in [2.45, 2.75) is 34.2 Å². The minimum Gasteiger partial charge on any atom is -0.408 e. The Balaban J connectivity index is 1.86. The standard InChI is InChI=1S/C26H25N3O3/c1-5-29-24-12-10-19(17(3)28-32-18(4)27-31)14-22(24)23-15-20(11-13-25(23)29)26(30)21-9-7-6-8-16(21)2/h6-15,31H,5H2,1-4H3. The molecule has 4 rings (SSSR count). The Morgan fingerprint density at radius 2 is 1.59 bits per heavy atom. The molecule has 1 aromatic heterocycles. The number of carbonyl (C=O) groups excluding carboxylic acids is 1. The average Bonchev–Trinajstić information content (AvgIpc) is 3.14. The van der Waals surface area contributed by atoms with Crippen molar-refractivity contribution in [1.29, 1.82) is 0 Å². The van der Waals surface area contributed by atoms with Crippen molar-refractivity contribution in [1.82, 2.24) is 4.57 Å². The molecule has 0 aliphatic heterocycles. The van der Waals surface area contributed by atoms with E-state index in [1.165, 1.54) is 6.92 Å². The van der Waals surface area contributed by atoms with Gasteiger partial charge in [0.2, 0.25) is 0 Å². The molecule has 0 fully saturated rings. The van der Waals surface area contributed by atoms with Gasteiger partial charge in [0.05, 0.1) is 5.71 Å². The quantitative estimate of drug-likeness (QED) is 0.142. The van der Waals surface area contributed by atoms with E-state index in [0.29, 0.717) is 16.8 Å². The average molecular weight is 428 g/mol. The number of fused-ring (bicyclic) bond motifs is 3. The molecule has 0 radical (unpaired) electrons. The zero-order chi connectivity index (χ0) is 22.8. The molecular weight excluding hydrogens is 402 g/mol. The van der Waals surface area contributed by atoms with Crippen molar-refractivity contribution in [3.63, 3.8) is 0 Å². The normalized spacial score (nSPS) is 12.5. The van der Waals surface area contributed by atoms with Gasteiger partial charge in [-0.3, -0.25) is 4.79 Å². The Morgan fingerprint density at radius 1 is 0.969 bits per heavy atom. The van der Waals surface area contributed by atoms with E-state index in [1.807, 2.05) is 62.4 Å². The Kier molecular flexibility index (Phi) is 5.77. The molecule has 0 saturated heterocycles. The number of benzene rings is 3. The second kappa shape index (κ2) is 8.67. The highest BCUT2D eigenvalue weighted by molar-refractivity contribution is 6.16. The maximum Gasteiger partial charge on any atom is 0.257 e. The number of nitrogens with zero attached hydrogens (tertiary/aromatic N) is 3. The lowest BCUT2D eigenvalue weighted by Gasteiger charge is -2.06. The zero-order valence-corrected chi connectivity index (χ0v) is 18.6. The molecule has 6 heteroatoms. The van der Waals surface area contributed by atoms with Crippen LogP contribution in [-0.4, -0.2) is 27.2 Å². The summed E-state index contributed by atoms with van der Waals surface area (Å²) in [5.74, 6) is 0.0795. The molecule has 0 unspecified atom stereocenters. The highest BCUT2D eigenvalue weighted by Crippen LogP contribution is 2.31. The second-order valence-electron chi connectivity index (χ2n) is 7.74. The molecule has 3 aromatic carbocycles. The summed E-state index contributed by atoms with van der Waals surface area (Å²) in [7, 11) is 0. The number of oxime groups is 2. The first-order valence-electron chi connectivity index (χ1n) is 10.5. The summed E-state index contributed by atoms with van der Waals surface area (Å²) >= 11 is 0. The number of aryl methyl sites for hydroxylation is 2. The predicted octanol–water partition coefficient (Wildman–Crippen LogP) is 5.90. The Labute approximate surface area is 186 Å². The maximum atomic E-state index is 13.2. The fourth-order valence-electron chi connectivity index (χ4n) is 4.00. The molecule has 32 heavy (non-hydrogen) atoms. The molecule has 0 aliphatic carbocycles. The lowest BCUT2D eigenvalue weighted by Crippen LogP contribution is -2.03. The third-order valence-corrected chi connectivity index (χ3v) is 5.71. The van der Waals surface area contributed by atoms with Gasteiger partial charge in [0, 0.05) is 46.4 Å². The molecule has 162 valence electrons. The van der Waals surface area contributed by atoms with E-state index in [0.717, 1.165) is 39.5 Å².